The first kappa shape index (κ1) is 18.8. The van der Waals surface area contributed by atoms with Crippen LogP contribution in [0.25, 0.3) is 0 Å². The van der Waals surface area contributed by atoms with Crippen molar-refractivity contribution in [3.05, 3.63) is 27.4 Å². The number of nitrogens with one attached hydrogen (secondary N) is 1. The highest BCUT2D eigenvalue weighted by Crippen LogP contribution is 2.45. The van der Waals surface area contributed by atoms with E-state index in [9.17, 15) is 14.4 Å². The van der Waals surface area contributed by atoms with Crippen LogP contribution in [0.2, 0.25) is 0 Å². The van der Waals surface area contributed by atoms with E-state index in [4.69, 9.17) is 4.98 Å². The Kier molecular flexibility index (Phi) is 4.71. The third-order valence-electron chi connectivity index (χ3n) is 7.27. The molecule has 4 aliphatic rings. The molecule has 2 amide bonds. The van der Waals surface area contributed by atoms with Crippen LogP contribution in [-0.2, 0) is 21.4 Å². The van der Waals surface area contributed by atoms with Gasteiger partial charge in [-0.15, -0.1) is 0 Å². The number of fused-ring (bicyclic) bond motifs is 2. The molecule has 1 atom stereocenters. The van der Waals surface area contributed by atoms with E-state index in [1.54, 1.807) is 0 Å². The lowest BCUT2D eigenvalue weighted by Crippen LogP contribution is -2.48. The van der Waals surface area contributed by atoms with Gasteiger partial charge < -0.3 is 14.8 Å². The van der Waals surface area contributed by atoms with Crippen molar-refractivity contribution in [2.45, 2.75) is 75.5 Å². The van der Waals surface area contributed by atoms with Crippen molar-refractivity contribution in [1.29, 1.82) is 0 Å². The fraction of sp³-hybridized carbons (Fsp3) is 0.727. The summed E-state index contributed by atoms with van der Waals surface area (Å²) in [5.41, 5.74) is 1.71. The van der Waals surface area contributed by atoms with Gasteiger partial charge in [0.15, 0.2) is 0 Å². The van der Waals surface area contributed by atoms with Crippen LogP contribution in [0.5, 0.6) is 0 Å². The Morgan fingerprint density at radius 3 is 2.76 bits per heavy atom. The summed E-state index contributed by atoms with van der Waals surface area (Å²) in [6, 6.07) is 0. The lowest BCUT2D eigenvalue weighted by atomic mass is 9.77. The third-order valence-corrected chi connectivity index (χ3v) is 7.27. The molecule has 1 unspecified atom stereocenters. The SMILES string of the molecule is O=C1CCCN1CCCC(=O)N1CCCC2(CCc3c2nc(C2CC2)[nH]c3=O)C1. The molecular formula is C22H30N4O3. The highest BCUT2D eigenvalue weighted by molar-refractivity contribution is 5.78. The van der Waals surface area contributed by atoms with Crippen LogP contribution in [-0.4, -0.2) is 57.8 Å². The van der Waals surface area contributed by atoms with Crippen molar-refractivity contribution >= 4 is 11.8 Å². The van der Waals surface area contributed by atoms with Crippen molar-refractivity contribution in [2.75, 3.05) is 26.2 Å². The number of rotatable bonds is 5. The Hall–Kier alpha value is -2.18. The number of carbonyl (C=O) groups excluding carboxylic acids is 2. The van der Waals surface area contributed by atoms with Crippen LogP contribution < -0.4 is 5.56 Å². The average Bonchev–Trinajstić information content (AvgIpc) is 3.41. The molecule has 1 saturated carbocycles. The van der Waals surface area contributed by atoms with Gasteiger partial charge in [0.1, 0.15) is 5.82 Å². The second kappa shape index (κ2) is 7.26. The van der Waals surface area contributed by atoms with E-state index >= 15 is 0 Å². The molecule has 3 fully saturated rings. The fourth-order valence-electron chi connectivity index (χ4n) is 5.48. The van der Waals surface area contributed by atoms with E-state index in [0.717, 1.165) is 81.5 Å². The Morgan fingerprint density at radius 2 is 2.00 bits per heavy atom. The predicted octanol–water partition coefficient (Wildman–Crippen LogP) is 1.86. The summed E-state index contributed by atoms with van der Waals surface area (Å²) in [6.45, 7) is 2.99. The smallest absolute Gasteiger partial charge is 0.254 e. The van der Waals surface area contributed by atoms with Crippen LogP contribution in [0.3, 0.4) is 0 Å². The van der Waals surface area contributed by atoms with Crippen LogP contribution in [0.15, 0.2) is 4.79 Å². The number of aromatic amines is 1. The number of nitrogens with zero attached hydrogens (tertiary/aromatic N) is 3. The second-order valence-electron chi connectivity index (χ2n) is 9.34. The Balaban J connectivity index is 1.27. The molecule has 1 aromatic rings. The first-order valence-electron chi connectivity index (χ1n) is 11.2. The van der Waals surface area contributed by atoms with Gasteiger partial charge in [-0.05, 0) is 51.4 Å². The van der Waals surface area contributed by atoms with Gasteiger partial charge in [-0.2, -0.15) is 0 Å². The summed E-state index contributed by atoms with van der Waals surface area (Å²) in [6.07, 6.45) is 8.68. The molecule has 1 N–H and O–H groups in total. The van der Waals surface area contributed by atoms with Gasteiger partial charge in [-0.3, -0.25) is 14.4 Å². The third kappa shape index (κ3) is 3.49. The van der Waals surface area contributed by atoms with E-state index in [-0.39, 0.29) is 22.8 Å². The Bertz CT molecular complexity index is 891. The van der Waals surface area contributed by atoms with Gasteiger partial charge in [-0.25, -0.2) is 4.98 Å². The number of amides is 2. The zero-order valence-corrected chi connectivity index (χ0v) is 17.0. The first-order valence-corrected chi connectivity index (χ1v) is 11.2. The van der Waals surface area contributed by atoms with Crippen molar-refractivity contribution in [2.24, 2.45) is 0 Å². The van der Waals surface area contributed by atoms with Crippen LogP contribution >= 0.6 is 0 Å². The maximum absolute atomic E-state index is 12.9. The van der Waals surface area contributed by atoms with Crippen LogP contribution in [0, 0.1) is 0 Å². The predicted molar refractivity (Wildman–Crippen MR) is 108 cm³/mol. The summed E-state index contributed by atoms with van der Waals surface area (Å²) in [5.74, 6) is 1.67. The average molecular weight is 399 g/mol. The maximum atomic E-state index is 12.9. The quantitative estimate of drug-likeness (QED) is 0.820. The minimum Gasteiger partial charge on any atom is -0.343 e. The summed E-state index contributed by atoms with van der Waals surface area (Å²) < 4.78 is 0. The number of hydrogen-bond acceptors (Lipinski definition) is 4. The molecule has 29 heavy (non-hydrogen) atoms. The summed E-state index contributed by atoms with van der Waals surface area (Å²) in [7, 11) is 0. The normalized spacial score (nSPS) is 26.4. The molecule has 0 radical (unpaired) electrons. The minimum atomic E-state index is -0.147. The van der Waals surface area contributed by atoms with E-state index in [1.165, 1.54) is 0 Å². The molecule has 2 aliphatic carbocycles. The lowest BCUT2D eigenvalue weighted by Gasteiger charge is -2.40. The van der Waals surface area contributed by atoms with Crippen molar-refractivity contribution in [1.82, 2.24) is 19.8 Å². The zero-order valence-electron chi connectivity index (χ0n) is 17.0. The van der Waals surface area contributed by atoms with E-state index in [1.807, 2.05) is 9.80 Å². The molecule has 5 rings (SSSR count). The summed E-state index contributed by atoms with van der Waals surface area (Å²) in [4.78, 5) is 49.0. The van der Waals surface area contributed by atoms with Gasteiger partial charge >= 0.3 is 0 Å². The lowest BCUT2D eigenvalue weighted by molar-refractivity contribution is -0.134. The van der Waals surface area contributed by atoms with Crippen molar-refractivity contribution in [3.63, 3.8) is 0 Å². The van der Waals surface area contributed by atoms with E-state index < -0.39 is 0 Å². The molecule has 7 heteroatoms. The zero-order chi connectivity index (χ0) is 20.0. The number of piperidine rings is 1. The number of hydrogen-bond donors (Lipinski definition) is 1. The van der Waals surface area contributed by atoms with E-state index in [0.29, 0.717) is 31.8 Å². The van der Waals surface area contributed by atoms with Crippen molar-refractivity contribution < 1.29 is 9.59 Å². The fourth-order valence-corrected chi connectivity index (χ4v) is 5.48. The summed E-state index contributed by atoms with van der Waals surface area (Å²) in [5, 5.41) is 0. The van der Waals surface area contributed by atoms with Crippen LogP contribution in [0.4, 0.5) is 0 Å². The number of carbonyl (C=O) groups is 2. The highest BCUT2D eigenvalue weighted by Gasteiger charge is 2.46. The molecule has 7 nitrogen and oxygen atoms in total. The standard InChI is InChI=1S/C22H30N4O3/c27-17-4-1-11-25(17)12-2-5-18(28)26-13-3-9-22(14-26)10-8-16-19(22)23-20(15-6-7-15)24-21(16)29/h15H,1-14H2,(H,23,24,29). The van der Waals surface area contributed by atoms with Gasteiger partial charge in [0.25, 0.3) is 5.56 Å². The van der Waals surface area contributed by atoms with Gasteiger partial charge in [-0.1, -0.05) is 0 Å². The molecule has 2 saturated heterocycles. The Morgan fingerprint density at radius 1 is 1.14 bits per heavy atom. The Labute approximate surface area is 170 Å². The molecule has 2 aliphatic heterocycles. The number of aromatic nitrogens is 2. The largest absolute Gasteiger partial charge is 0.343 e. The van der Waals surface area contributed by atoms with Gasteiger partial charge in [0, 0.05) is 55.9 Å². The summed E-state index contributed by atoms with van der Waals surface area (Å²) >= 11 is 0. The van der Waals surface area contributed by atoms with Crippen molar-refractivity contribution in [3.8, 4) is 0 Å². The van der Waals surface area contributed by atoms with Gasteiger partial charge in [0.2, 0.25) is 11.8 Å². The van der Waals surface area contributed by atoms with E-state index in [2.05, 4.69) is 4.98 Å². The molecule has 156 valence electrons. The molecule has 3 heterocycles. The molecule has 0 bridgehead atoms. The molecule has 1 aromatic heterocycles. The topological polar surface area (TPSA) is 86.4 Å². The molecule has 1 spiro atoms. The monoisotopic (exact) mass is 398 g/mol. The molecule has 0 aromatic carbocycles. The number of likely N-dealkylation sites (tertiary alicyclic amines) is 2. The maximum Gasteiger partial charge on any atom is 0.254 e. The highest BCUT2D eigenvalue weighted by atomic mass is 16.2. The van der Waals surface area contributed by atoms with Gasteiger partial charge in [0.05, 0.1) is 5.69 Å². The van der Waals surface area contributed by atoms with Crippen LogP contribution in [0.1, 0.15) is 80.8 Å². The number of H-pyrrole nitrogens is 1. The minimum absolute atomic E-state index is 0.0347. The molecular weight excluding hydrogens is 368 g/mol. The first-order chi connectivity index (χ1) is 14.1. The second-order valence-corrected chi connectivity index (χ2v) is 9.34.